The van der Waals surface area contributed by atoms with Gasteiger partial charge in [0.25, 0.3) is 0 Å². The van der Waals surface area contributed by atoms with Crippen molar-refractivity contribution in [2.45, 2.75) is 50.9 Å². The second-order valence-corrected chi connectivity index (χ2v) is 8.99. The van der Waals surface area contributed by atoms with Crippen LogP contribution >= 0.6 is 0 Å². The predicted molar refractivity (Wildman–Crippen MR) is 116 cm³/mol. The van der Waals surface area contributed by atoms with Gasteiger partial charge in [-0.1, -0.05) is 18.7 Å². The average Bonchev–Trinajstić information content (AvgIpc) is 2.75. The van der Waals surface area contributed by atoms with Crippen LogP contribution in [-0.4, -0.2) is 50.2 Å². The summed E-state index contributed by atoms with van der Waals surface area (Å²) in [6, 6.07) is 1.26. The fourth-order valence-electron chi connectivity index (χ4n) is 5.04. The number of alkyl halides is 3. The van der Waals surface area contributed by atoms with E-state index in [0.29, 0.717) is 24.8 Å². The molecule has 4 rings (SSSR count). The summed E-state index contributed by atoms with van der Waals surface area (Å²) in [6.45, 7) is 3.91. The minimum Gasteiger partial charge on any atom is -0.617 e. The van der Waals surface area contributed by atoms with E-state index in [4.69, 9.17) is 10.8 Å². The van der Waals surface area contributed by atoms with Gasteiger partial charge < -0.3 is 15.3 Å². The van der Waals surface area contributed by atoms with E-state index in [0.717, 1.165) is 31.2 Å². The third-order valence-corrected chi connectivity index (χ3v) is 6.37. The number of aromatic nitrogens is 2. The number of hydrogen-bond acceptors (Lipinski definition) is 5. The second kappa shape index (κ2) is 10.1. The Morgan fingerprint density at radius 3 is 2.49 bits per heavy atom. The van der Waals surface area contributed by atoms with E-state index in [9.17, 15) is 22.0 Å². The van der Waals surface area contributed by atoms with Crippen molar-refractivity contribution in [2.75, 3.05) is 6.54 Å². The van der Waals surface area contributed by atoms with Crippen LogP contribution in [0.1, 0.15) is 38.7 Å². The first-order chi connectivity index (χ1) is 15.9. The van der Waals surface area contributed by atoms with Crippen LogP contribution in [0.15, 0.2) is 24.5 Å². The molecule has 2 heterocycles. The fourth-order valence-corrected chi connectivity index (χ4v) is 5.04. The molecule has 2 N–H and O–H groups in total. The van der Waals surface area contributed by atoms with E-state index < -0.39 is 40.3 Å². The summed E-state index contributed by atoms with van der Waals surface area (Å²) in [4.78, 5) is 8.73. The molecular weight excluding hydrogens is 546 g/mol. The van der Waals surface area contributed by atoms with Gasteiger partial charge in [0, 0.05) is 50.4 Å². The van der Waals surface area contributed by atoms with Crippen LogP contribution in [0.3, 0.4) is 0 Å². The first-order valence-electron chi connectivity index (χ1n) is 10.7. The number of benzene rings is 1. The molecule has 2 aromatic rings. The van der Waals surface area contributed by atoms with Gasteiger partial charge in [0.1, 0.15) is 5.82 Å². The Bertz CT molecular complexity index is 1110. The summed E-state index contributed by atoms with van der Waals surface area (Å²) in [7, 11) is 0. The molecule has 2 bridgehead atoms. The minimum atomic E-state index is -4.89. The van der Waals surface area contributed by atoms with Gasteiger partial charge in [0.2, 0.25) is 0 Å². The first-order valence-corrected chi connectivity index (χ1v) is 10.7. The van der Waals surface area contributed by atoms with Gasteiger partial charge in [-0.15, -0.1) is 0 Å². The van der Waals surface area contributed by atoms with Crippen molar-refractivity contribution >= 4 is 17.9 Å². The van der Waals surface area contributed by atoms with Crippen LogP contribution < -0.4 is 0 Å². The number of hydrogen-bond donors (Lipinski definition) is 2. The van der Waals surface area contributed by atoms with Crippen molar-refractivity contribution in [1.82, 2.24) is 19.9 Å². The van der Waals surface area contributed by atoms with E-state index in [2.05, 4.69) is 22.3 Å². The van der Waals surface area contributed by atoms with Crippen molar-refractivity contribution in [3.8, 4) is 11.4 Å². The average molecular weight is 569 g/mol. The smallest absolute Gasteiger partial charge is 0.417 e. The predicted octanol–water partition coefficient (Wildman–Crippen LogP) is 5.51. The normalized spacial score (nSPS) is 23.6. The first kappa shape index (κ1) is 27.5. The van der Waals surface area contributed by atoms with E-state index >= 15 is 0 Å². The molecule has 3 unspecified atom stereocenters. The number of halogens is 5. The fraction of sp³-hybridized carbons (Fsp3) is 0.455. The van der Waals surface area contributed by atoms with E-state index in [1.54, 1.807) is 11.9 Å². The number of rotatable bonds is 6. The minimum absolute atomic E-state index is 0. The van der Waals surface area contributed by atoms with Crippen LogP contribution in [-0.2, 0) is 38.9 Å². The summed E-state index contributed by atoms with van der Waals surface area (Å²) in [5, 5.41) is 17.2. The molecular formula is C22H23F5N7Y-. The van der Waals surface area contributed by atoms with Crippen molar-refractivity contribution in [3.05, 3.63) is 47.2 Å². The molecule has 1 radical (unpaired) electrons. The standard InChI is InChI=1S/C22H23F5N7.Y/c1-12-3-15-7-21(6-12,10-33(11-28)13(2)29)34(15)32-19-4-16(20-30-8-14(23)9-31-20)17(5-18(19)24)22(25,26)27;/h4-5,8-9,11-12,15,28-29H,3,6-7,10H2,1-2H3;/q-1;. The van der Waals surface area contributed by atoms with Gasteiger partial charge >= 0.3 is 6.18 Å². The zero-order valence-corrected chi connectivity index (χ0v) is 21.9. The number of nitrogens with zero attached hydrogens (tertiary/aromatic N) is 5. The molecule has 0 amide bonds. The van der Waals surface area contributed by atoms with Crippen LogP contribution in [0.25, 0.3) is 16.8 Å². The Labute approximate surface area is 224 Å². The number of fused-ring (bicyclic) bond motifs is 2. The quantitative estimate of drug-likeness (QED) is 0.273. The van der Waals surface area contributed by atoms with Gasteiger partial charge in [-0.05, 0) is 44.2 Å². The Hall–Kier alpha value is -2.05. The molecule has 1 aromatic carbocycles. The van der Waals surface area contributed by atoms with Crippen molar-refractivity contribution in [1.29, 1.82) is 10.8 Å². The van der Waals surface area contributed by atoms with E-state index in [1.807, 2.05) is 0 Å². The van der Waals surface area contributed by atoms with Gasteiger partial charge in [-0.2, -0.15) is 13.2 Å². The van der Waals surface area contributed by atoms with Crippen molar-refractivity contribution in [3.63, 3.8) is 0 Å². The number of amidine groups is 1. The van der Waals surface area contributed by atoms with Gasteiger partial charge in [-0.25, -0.2) is 18.7 Å². The zero-order valence-electron chi connectivity index (χ0n) is 19.1. The van der Waals surface area contributed by atoms with Crippen LogP contribution in [0.4, 0.5) is 27.6 Å². The molecule has 1 saturated carbocycles. The SMILES string of the molecule is CC(=N)N(C=N)CC12CC(C)CC(C1)N2[N-]c1cc(-c2ncc(F)cn2)c(C(F)(F)F)cc1F.[Y]. The van der Waals surface area contributed by atoms with E-state index in [1.165, 1.54) is 4.90 Å². The number of nitrogens with one attached hydrogen (secondary N) is 2. The Morgan fingerprint density at radius 2 is 1.91 bits per heavy atom. The zero-order chi connectivity index (χ0) is 24.8. The van der Waals surface area contributed by atoms with Gasteiger partial charge in [0.05, 0.1) is 30.1 Å². The molecule has 2 fully saturated rings. The summed E-state index contributed by atoms with van der Waals surface area (Å²) in [6.07, 6.45) is -0.174. The maximum absolute atomic E-state index is 14.9. The van der Waals surface area contributed by atoms with Crippen molar-refractivity contribution in [2.24, 2.45) is 5.92 Å². The largest absolute Gasteiger partial charge is 0.617 e. The number of piperidine rings is 1. The topological polar surface area (TPSA) is 94.1 Å². The molecule has 3 atom stereocenters. The summed E-state index contributed by atoms with van der Waals surface area (Å²) >= 11 is 0. The van der Waals surface area contributed by atoms with E-state index in [-0.39, 0.29) is 56.8 Å². The van der Waals surface area contributed by atoms with Crippen LogP contribution in [0.2, 0.25) is 0 Å². The third kappa shape index (κ3) is 5.39. The molecule has 1 saturated heterocycles. The summed E-state index contributed by atoms with van der Waals surface area (Å²) in [5.74, 6) is -1.86. The maximum Gasteiger partial charge on any atom is 0.417 e. The van der Waals surface area contributed by atoms with Crippen LogP contribution in [0, 0.1) is 28.4 Å². The molecule has 13 heteroatoms. The molecule has 0 spiro atoms. The second-order valence-electron chi connectivity index (χ2n) is 8.99. The summed E-state index contributed by atoms with van der Waals surface area (Å²) in [5.41, 5.74) is 1.74. The summed E-state index contributed by atoms with van der Waals surface area (Å²) < 4.78 is 69.0. The van der Waals surface area contributed by atoms with Gasteiger partial charge in [-0.3, -0.25) is 10.8 Å². The molecule has 1 aromatic heterocycles. The monoisotopic (exact) mass is 569 g/mol. The third-order valence-electron chi connectivity index (χ3n) is 6.37. The Kier molecular flexibility index (Phi) is 7.98. The Morgan fingerprint density at radius 1 is 1.26 bits per heavy atom. The van der Waals surface area contributed by atoms with Gasteiger partial charge in [0.15, 0.2) is 11.6 Å². The molecule has 35 heavy (non-hydrogen) atoms. The molecule has 2 aliphatic rings. The molecule has 1 aliphatic heterocycles. The van der Waals surface area contributed by atoms with Crippen molar-refractivity contribution < 1.29 is 54.7 Å². The molecule has 185 valence electrons. The molecule has 1 aliphatic carbocycles. The molecule has 7 nitrogen and oxygen atoms in total. The Balaban J connectivity index is 0.00000342. The van der Waals surface area contributed by atoms with Crippen LogP contribution in [0.5, 0.6) is 0 Å². The maximum atomic E-state index is 14.9.